The van der Waals surface area contributed by atoms with Crippen molar-refractivity contribution in [2.24, 2.45) is 0 Å². The van der Waals surface area contributed by atoms with Crippen LogP contribution in [0.15, 0.2) is 0 Å². The van der Waals surface area contributed by atoms with Gasteiger partial charge in [-0.05, 0) is 80.9 Å². The van der Waals surface area contributed by atoms with Gasteiger partial charge in [-0.2, -0.15) is 0 Å². The van der Waals surface area contributed by atoms with Gasteiger partial charge < -0.3 is 11.0 Å². The molecule has 0 nitrogen and oxygen atoms in total. The third kappa shape index (κ3) is 10.5. The molecule has 0 unspecified atom stereocenters. The van der Waals surface area contributed by atoms with Gasteiger partial charge in [0.25, 0.3) is 0 Å². The number of hydrogen-bond donors (Lipinski definition) is 0. The minimum Gasteiger partial charge on any atom is -0.581 e. The van der Waals surface area contributed by atoms with Crippen molar-refractivity contribution in [3.05, 3.63) is 229 Å². The zero-order valence-corrected chi connectivity index (χ0v) is 40.0. The standard InChI is InChI=1S/3C12F9.2C5H5.CH3.Al.FH.Zr/c3*13-3-1-2(5(14)9(18)6(3)15)4-7(16)10(19)12(21)11(20)8(4)17;2*1-2-4-5-3-1;;;;/h;;;2*1-5H;1H3;;1H;/q;;;;;-1;;;+4/p-1. The van der Waals surface area contributed by atoms with Crippen LogP contribution >= 0.6 is 0 Å². The van der Waals surface area contributed by atoms with E-state index in [9.17, 15) is 39.5 Å². The van der Waals surface area contributed by atoms with Crippen LogP contribution in [0.4, 0.5) is 122 Å². The minimum absolute atomic E-state index is 0. The van der Waals surface area contributed by atoms with Gasteiger partial charge in [-0.3, -0.25) is 0 Å². The fourth-order valence-corrected chi connectivity index (χ4v) is 11.6. The van der Waals surface area contributed by atoms with Crippen LogP contribution in [-0.4, -0.2) is 13.5 Å². The Bertz CT molecular complexity index is 2890. The molecule has 0 heterocycles. The summed E-state index contributed by atoms with van der Waals surface area (Å²) in [6.07, 6.45) is 20.0. The largest absolute Gasteiger partial charge is 4.00 e. The fraction of sp³-hybridized carbons (Fsp3) is 0. The summed E-state index contributed by atoms with van der Waals surface area (Å²) in [6.45, 7) is 0. The molecular weight excluding hydrogens is 1210 g/mol. The average Bonchev–Trinajstić information content (AvgIpc) is 4.19. The summed E-state index contributed by atoms with van der Waals surface area (Å²) in [6, 6.07) is 0. The zero-order chi connectivity index (χ0) is 56.4. The predicted molar refractivity (Wildman–Crippen MR) is 210 cm³/mol. The van der Waals surface area contributed by atoms with E-state index in [0.29, 0.717) is 0 Å². The van der Waals surface area contributed by atoms with Crippen LogP contribution < -0.4 is 13.3 Å². The SMILES string of the molecule is Fc1c(F)c(F)c(-c2c(F)c(F)c(F)c(F)[c]2[Al-]([F])([c]2c(F)c(F)c(F)c(F)c2-c2c(F)c(F)c(F)c(F)c2F)[c]2c(F)c(F)c(F)c(F)c2-c2c(F)c(F)c(F)c(F)c2F)c(F)c1F.[CH3-].[CH]1[CH][CH][CH][CH]1.[CH]1[CH][CH][CH][CH]1.[Zr+4]. The minimum atomic E-state index is -10.3. The number of halogens is 28. The van der Waals surface area contributed by atoms with Crippen molar-refractivity contribution in [1.29, 1.82) is 0 Å². The summed E-state index contributed by atoms with van der Waals surface area (Å²) in [5, 5.41) is 0. The molecule has 0 bridgehead atoms. The van der Waals surface area contributed by atoms with E-state index in [-0.39, 0.29) is 33.6 Å². The van der Waals surface area contributed by atoms with Crippen molar-refractivity contribution in [2.75, 3.05) is 0 Å². The molecule has 0 aromatic heterocycles. The second kappa shape index (κ2) is 24.4. The summed E-state index contributed by atoms with van der Waals surface area (Å²) in [5.74, 6) is -101. The van der Waals surface area contributed by atoms with Gasteiger partial charge in [-0.15, -0.1) is 13.3 Å². The Balaban J connectivity index is 0.000000956. The molecule has 0 atom stereocenters. The van der Waals surface area contributed by atoms with Gasteiger partial charge in [0.15, 0.2) is 122 Å². The Morgan fingerprint density at radius 1 is 0.169 bits per heavy atom. The maximum Gasteiger partial charge on any atom is 4.00 e. The second-order valence-corrected chi connectivity index (χ2v) is 17.9. The molecule has 0 aliphatic heterocycles. The first-order valence-electron chi connectivity index (χ1n) is 19.3. The first kappa shape index (κ1) is 64.3. The first-order valence-corrected chi connectivity index (χ1v) is 21.4. The van der Waals surface area contributed by atoms with Gasteiger partial charge in [0.2, 0.25) is 17.5 Å². The molecule has 2 aliphatic carbocycles. The molecule has 77 heavy (non-hydrogen) atoms. The van der Waals surface area contributed by atoms with Crippen molar-refractivity contribution >= 4 is 26.8 Å². The van der Waals surface area contributed by atoms with Gasteiger partial charge >= 0.3 is 39.7 Å². The van der Waals surface area contributed by atoms with E-state index in [1.807, 2.05) is 64.2 Å². The first-order chi connectivity index (χ1) is 35.0. The monoisotopic (exact) mass is 1230 g/mol. The fourth-order valence-electron chi connectivity index (χ4n) is 7.35. The van der Waals surface area contributed by atoms with Crippen molar-refractivity contribution in [2.45, 2.75) is 0 Å². The normalized spacial score (nSPS) is 13.2. The Hall–Kier alpha value is -5.22. The number of benzene rings is 6. The van der Waals surface area contributed by atoms with Crippen LogP contribution in [0.3, 0.4) is 0 Å². The van der Waals surface area contributed by atoms with Gasteiger partial charge in [-0.25, -0.2) is 119 Å². The summed E-state index contributed by atoms with van der Waals surface area (Å²) < 4.78 is 418. The van der Waals surface area contributed by atoms with Crippen molar-refractivity contribution < 1.29 is 148 Å². The van der Waals surface area contributed by atoms with Crippen LogP contribution in [0.25, 0.3) is 33.4 Å². The third-order valence-corrected chi connectivity index (χ3v) is 14.6. The summed E-state index contributed by atoms with van der Waals surface area (Å²) in [7, 11) is 0. The molecule has 30 heteroatoms. The van der Waals surface area contributed by atoms with Gasteiger partial charge in [0.05, 0.1) is 16.7 Å². The molecule has 0 saturated heterocycles. The number of rotatable bonds is 6. The number of hydrogen-bond acceptors (Lipinski definition) is 0. The van der Waals surface area contributed by atoms with Crippen molar-refractivity contribution in [1.82, 2.24) is 0 Å². The summed E-state index contributed by atoms with van der Waals surface area (Å²) >= 11 is -10.3. The van der Waals surface area contributed by atoms with E-state index in [1.54, 1.807) is 0 Å². The third-order valence-electron chi connectivity index (χ3n) is 10.6. The molecule has 0 N–H and O–H groups in total. The molecule has 6 aromatic rings. The zero-order valence-electron chi connectivity index (χ0n) is 36.4. The Labute approximate surface area is 435 Å². The molecular formula is C47H13AlF28Zr+2. The van der Waals surface area contributed by atoms with Gasteiger partial charge in [0, 0.05) is 0 Å². The maximum absolute atomic E-state index is 19.3. The molecule has 2 aliphatic rings. The van der Waals surface area contributed by atoms with E-state index in [2.05, 4.69) is 0 Å². The van der Waals surface area contributed by atoms with Gasteiger partial charge in [0.1, 0.15) is 17.5 Å². The summed E-state index contributed by atoms with van der Waals surface area (Å²) in [4.78, 5) is 0. The molecule has 402 valence electrons. The molecule has 0 spiro atoms. The van der Waals surface area contributed by atoms with E-state index in [4.69, 9.17) is 0 Å². The topological polar surface area (TPSA) is 0 Å². The van der Waals surface area contributed by atoms with Crippen LogP contribution in [0.5, 0.6) is 0 Å². The molecule has 6 aromatic carbocycles. The van der Waals surface area contributed by atoms with Crippen LogP contribution in [0, 0.1) is 229 Å². The van der Waals surface area contributed by atoms with E-state index >= 15 is 82.6 Å². The quantitative estimate of drug-likeness (QED) is 0.0513. The van der Waals surface area contributed by atoms with Crippen LogP contribution in [0.1, 0.15) is 0 Å². The Morgan fingerprint density at radius 3 is 0.416 bits per heavy atom. The van der Waals surface area contributed by atoms with Crippen molar-refractivity contribution in [3.63, 3.8) is 0 Å². The maximum atomic E-state index is 19.3. The van der Waals surface area contributed by atoms with Gasteiger partial charge in [-0.1, -0.05) is 0 Å². The van der Waals surface area contributed by atoms with E-state index < -0.39 is 217 Å². The predicted octanol–water partition coefficient (Wildman–Crippen LogP) is 13.9. The molecule has 2 saturated carbocycles. The smallest absolute Gasteiger partial charge is 0.581 e. The van der Waals surface area contributed by atoms with Crippen LogP contribution in [0.2, 0.25) is 0 Å². The molecule has 2 fully saturated rings. The van der Waals surface area contributed by atoms with Crippen molar-refractivity contribution in [3.8, 4) is 33.4 Å². The second-order valence-electron chi connectivity index (χ2n) is 14.7. The molecule has 0 amide bonds. The Morgan fingerprint density at radius 2 is 0.273 bits per heavy atom. The van der Waals surface area contributed by atoms with E-state index in [0.717, 1.165) is 0 Å². The average molecular weight is 1230 g/mol. The van der Waals surface area contributed by atoms with E-state index in [1.165, 1.54) is 0 Å². The Kier molecular flexibility index (Phi) is 20.4. The van der Waals surface area contributed by atoms with Crippen LogP contribution in [-0.2, 0) is 26.2 Å². The molecule has 8 rings (SSSR count). The molecule has 10 radical (unpaired) electrons. The summed E-state index contributed by atoms with van der Waals surface area (Å²) in [5.41, 5.74) is -21.8.